The van der Waals surface area contributed by atoms with Gasteiger partial charge in [-0.05, 0) is 68.1 Å². The van der Waals surface area contributed by atoms with Gasteiger partial charge in [-0.25, -0.2) is 4.99 Å². The van der Waals surface area contributed by atoms with Crippen LogP contribution in [0.1, 0.15) is 30.4 Å². The lowest BCUT2D eigenvalue weighted by Gasteiger charge is -2.20. The van der Waals surface area contributed by atoms with E-state index in [-0.39, 0.29) is 24.3 Å². The molecule has 0 spiro atoms. The number of carbonyl (C=O) groups excluding carboxylic acids is 2. The summed E-state index contributed by atoms with van der Waals surface area (Å²) in [5.74, 6) is 0.461. The van der Waals surface area contributed by atoms with Crippen LogP contribution in [-0.4, -0.2) is 53.5 Å². The SMILES string of the molecule is COc1ccc(N=C2SC(CC(=O)Nc3cc(C)ccc3C)C(=O)N2CC2CCCO2)cc1. The van der Waals surface area contributed by atoms with E-state index in [0.717, 1.165) is 41.1 Å². The van der Waals surface area contributed by atoms with Crippen molar-refractivity contribution in [1.29, 1.82) is 0 Å². The minimum absolute atomic E-state index is 0.00172. The standard InChI is InChI=1S/C25H29N3O4S/c1-16-6-7-17(2)21(13-16)27-23(29)14-22-24(30)28(15-20-5-4-12-32-20)25(33-22)26-18-8-10-19(31-3)11-9-18/h6-11,13,20,22H,4-5,12,14-15H2,1-3H3,(H,27,29). The average Bonchev–Trinajstić information content (AvgIpc) is 3.41. The van der Waals surface area contributed by atoms with E-state index in [9.17, 15) is 9.59 Å². The molecule has 2 saturated heterocycles. The van der Waals surface area contributed by atoms with Gasteiger partial charge in [0.15, 0.2) is 5.17 Å². The van der Waals surface area contributed by atoms with Crippen molar-refractivity contribution in [2.24, 2.45) is 4.99 Å². The van der Waals surface area contributed by atoms with E-state index in [1.807, 2.05) is 56.3 Å². The topological polar surface area (TPSA) is 80.2 Å². The number of nitrogens with zero attached hydrogens (tertiary/aromatic N) is 2. The molecule has 8 heteroatoms. The van der Waals surface area contributed by atoms with E-state index in [2.05, 4.69) is 5.32 Å². The molecule has 0 radical (unpaired) electrons. The number of methoxy groups -OCH3 is 1. The van der Waals surface area contributed by atoms with Crippen LogP contribution < -0.4 is 10.1 Å². The highest BCUT2D eigenvalue weighted by Gasteiger charge is 2.40. The van der Waals surface area contributed by atoms with Gasteiger partial charge >= 0.3 is 0 Å². The second-order valence-corrected chi connectivity index (χ2v) is 9.52. The summed E-state index contributed by atoms with van der Waals surface area (Å²) >= 11 is 1.34. The summed E-state index contributed by atoms with van der Waals surface area (Å²) in [5, 5.41) is 3.04. The number of thioether (sulfide) groups is 1. The highest BCUT2D eigenvalue weighted by atomic mass is 32.2. The Kier molecular flexibility index (Phi) is 7.35. The molecule has 7 nitrogen and oxygen atoms in total. The molecule has 0 aromatic heterocycles. The smallest absolute Gasteiger partial charge is 0.242 e. The summed E-state index contributed by atoms with van der Waals surface area (Å²) in [5.41, 5.74) is 3.56. The Morgan fingerprint density at radius 2 is 2.03 bits per heavy atom. The lowest BCUT2D eigenvalue weighted by molar-refractivity contribution is -0.129. The molecular weight excluding hydrogens is 438 g/mol. The van der Waals surface area contributed by atoms with Gasteiger partial charge in [-0.1, -0.05) is 23.9 Å². The Morgan fingerprint density at radius 3 is 2.73 bits per heavy atom. The zero-order chi connectivity index (χ0) is 23.4. The molecule has 2 heterocycles. The quantitative estimate of drug-likeness (QED) is 0.651. The molecule has 0 aliphatic carbocycles. The molecule has 33 heavy (non-hydrogen) atoms. The number of benzene rings is 2. The number of aliphatic imine (C=N–C) groups is 1. The summed E-state index contributed by atoms with van der Waals surface area (Å²) in [6.45, 7) is 5.10. The van der Waals surface area contributed by atoms with Crippen molar-refractivity contribution in [3.05, 3.63) is 53.6 Å². The first kappa shape index (κ1) is 23.3. The highest BCUT2D eigenvalue weighted by Crippen LogP contribution is 2.33. The maximum Gasteiger partial charge on any atom is 0.242 e. The van der Waals surface area contributed by atoms with Crippen LogP contribution in [-0.2, 0) is 14.3 Å². The fourth-order valence-electron chi connectivity index (χ4n) is 3.89. The molecular formula is C25H29N3O4S. The fraction of sp³-hybridized carbons (Fsp3) is 0.400. The number of amides is 2. The predicted molar refractivity (Wildman–Crippen MR) is 131 cm³/mol. The van der Waals surface area contributed by atoms with E-state index in [4.69, 9.17) is 14.5 Å². The zero-order valence-electron chi connectivity index (χ0n) is 19.2. The molecule has 2 aromatic carbocycles. The van der Waals surface area contributed by atoms with Crippen LogP contribution in [0, 0.1) is 13.8 Å². The van der Waals surface area contributed by atoms with Crippen LogP contribution in [0.5, 0.6) is 5.75 Å². The number of hydrogen-bond donors (Lipinski definition) is 1. The fourth-order valence-corrected chi connectivity index (χ4v) is 5.06. The number of aryl methyl sites for hydroxylation is 2. The monoisotopic (exact) mass is 467 g/mol. The second-order valence-electron chi connectivity index (χ2n) is 8.35. The van der Waals surface area contributed by atoms with Crippen LogP contribution in [0.3, 0.4) is 0 Å². The van der Waals surface area contributed by atoms with Crippen molar-refractivity contribution in [2.45, 2.75) is 44.5 Å². The van der Waals surface area contributed by atoms with Gasteiger partial charge in [0.2, 0.25) is 11.8 Å². The van der Waals surface area contributed by atoms with Gasteiger partial charge in [0.05, 0.1) is 25.4 Å². The molecule has 1 N–H and O–H groups in total. The van der Waals surface area contributed by atoms with Crippen LogP contribution in [0.2, 0.25) is 0 Å². The number of ether oxygens (including phenoxy) is 2. The third-order valence-corrected chi connectivity index (χ3v) is 6.94. The van der Waals surface area contributed by atoms with Gasteiger partial charge in [0.1, 0.15) is 11.0 Å². The maximum atomic E-state index is 13.3. The van der Waals surface area contributed by atoms with Gasteiger partial charge in [0, 0.05) is 18.7 Å². The number of amidine groups is 1. The van der Waals surface area contributed by atoms with Crippen molar-refractivity contribution in [2.75, 3.05) is 25.6 Å². The Hall–Kier alpha value is -2.84. The Balaban J connectivity index is 1.50. The number of anilines is 1. The molecule has 2 fully saturated rings. The molecule has 2 unspecified atom stereocenters. The average molecular weight is 468 g/mol. The van der Waals surface area contributed by atoms with Crippen molar-refractivity contribution in [3.8, 4) is 5.75 Å². The molecule has 4 rings (SSSR count). The lowest BCUT2D eigenvalue weighted by atomic mass is 10.1. The Bertz CT molecular complexity index is 1050. The van der Waals surface area contributed by atoms with Crippen LogP contribution in [0.25, 0.3) is 0 Å². The van der Waals surface area contributed by atoms with Crippen LogP contribution in [0.15, 0.2) is 47.5 Å². The molecule has 0 saturated carbocycles. The Labute approximate surface area is 198 Å². The Morgan fingerprint density at radius 1 is 1.24 bits per heavy atom. The van der Waals surface area contributed by atoms with Gasteiger partial charge in [-0.3, -0.25) is 14.5 Å². The molecule has 2 amide bonds. The van der Waals surface area contributed by atoms with Crippen LogP contribution in [0.4, 0.5) is 11.4 Å². The number of hydrogen-bond acceptors (Lipinski definition) is 6. The third-order valence-electron chi connectivity index (χ3n) is 5.77. The summed E-state index contributed by atoms with van der Waals surface area (Å²) in [6.07, 6.45) is 1.99. The number of nitrogens with one attached hydrogen (secondary N) is 1. The molecule has 0 bridgehead atoms. The molecule has 2 aliphatic heterocycles. The van der Waals surface area contributed by atoms with E-state index in [0.29, 0.717) is 18.3 Å². The van der Waals surface area contributed by atoms with E-state index >= 15 is 0 Å². The second kappa shape index (κ2) is 10.4. The third kappa shape index (κ3) is 5.75. The first-order valence-electron chi connectivity index (χ1n) is 11.1. The predicted octanol–water partition coefficient (Wildman–Crippen LogP) is 4.45. The van der Waals surface area contributed by atoms with Crippen molar-refractivity contribution in [3.63, 3.8) is 0 Å². The maximum absolute atomic E-state index is 13.3. The number of rotatable bonds is 7. The zero-order valence-corrected chi connectivity index (χ0v) is 20.0. The van der Waals surface area contributed by atoms with Crippen molar-refractivity contribution in [1.82, 2.24) is 4.90 Å². The molecule has 174 valence electrons. The van der Waals surface area contributed by atoms with E-state index in [1.54, 1.807) is 12.0 Å². The van der Waals surface area contributed by atoms with E-state index < -0.39 is 5.25 Å². The summed E-state index contributed by atoms with van der Waals surface area (Å²) < 4.78 is 11.0. The van der Waals surface area contributed by atoms with Gasteiger partial charge < -0.3 is 14.8 Å². The summed E-state index contributed by atoms with van der Waals surface area (Å²) in [6, 6.07) is 13.3. The number of carbonyl (C=O) groups is 2. The largest absolute Gasteiger partial charge is 0.497 e. The minimum Gasteiger partial charge on any atom is -0.497 e. The van der Waals surface area contributed by atoms with Crippen molar-refractivity contribution >= 4 is 40.1 Å². The first-order chi connectivity index (χ1) is 15.9. The molecule has 2 atom stereocenters. The molecule has 2 aliphatic rings. The first-order valence-corrected chi connectivity index (χ1v) is 12.0. The van der Waals surface area contributed by atoms with Gasteiger partial charge in [0.25, 0.3) is 0 Å². The summed E-state index contributed by atoms with van der Waals surface area (Å²) in [4.78, 5) is 32.5. The minimum atomic E-state index is -0.520. The highest BCUT2D eigenvalue weighted by molar-refractivity contribution is 8.15. The summed E-state index contributed by atoms with van der Waals surface area (Å²) in [7, 11) is 1.61. The van der Waals surface area contributed by atoms with E-state index in [1.165, 1.54) is 11.8 Å². The van der Waals surface area contributed by atoms with Gasteiger partial charge in [-0.15, -0.1) is 0 Å². The molecule has 2 aromatic rings. The lowest BCUT2D eigenvalue weighted by Crippen LogP contribution is -2.38. The van der Waals surface area contributed by atoms with Gasteiger partial charge in [-0.2, -0.15) is 0 Å². The van der Waals surface area contributed by atoms with Crippen molar-refractivity contribution < 1.29 is 19.1 Å². The van der Waals surface area contributed by atoms with Crippen LogP contribution >= 0.6 is 11.8 Å². The normalized spacial score (nSPS) is 21.6.